The molecule has 0 spiro atoms. The van der Waals surface area contributed by atoms with Gasteiger partial charge < -0.3 is 0 Å². The second-order valence-electron chi connectivity index (χ2n) is 4.98. The van der Waals surface area contributed by atoms with Gasteiger partial charge in [-0.2, -0.15) is 0 Å². The van der Waals surface area contributed by atoms with Gasteiger partial charge in [-0.05, 0) is 11.8 Å². The number of Topliss-reactive ketones (excluding diaryl/α,β-unsaturated/α-hetero) is 2. The fraction of sp³-hybridized carbons (Fsp3) is 0.857. The van der Waals surface area contributed by atoms with Gasteiger partial charge in [0.2, 0.25) is 0 Å². The maximum absolute atomic E-state index is 11.1. The number of hydrogen-bond donors (Lipinski definition) is 0. The van der Waals surface area contributed by atoms with Crippen molar-refractivity contribution in [2.24, 2.45) is 11.8 Å². The topological polar surface area (TPSA) is 34.1 Å². The lowest BCUT2D eigenvalue weighted by Gasteiger charge is -2.05. The zero-order valence-corrected chi connectivity index (χ0v) is 11.8. The molecule has 0 aromatic rings. The summed E-state index contributed by atoms with van der Waals surface area (Å²) in [6, 6.07) is 0. The van der Waals surface area contributed by atoms with Crippen molar-refractivity contribution < 1.29 is 9.59 Å². The van der Waals surface area contributed by atoms with Crippen molar-refractivity contribution in [3.8, 4) is 0 Å². The molecule has 0 aliphatic heterocycles. The van der Waals surface area contributed by atoms with Crippen LogP contribution in [0.1, 0.15) is 67.2 Å². The molecule has 0 N–H and O–H groups in total. The van der Waals surface area contributed by atoms with E-state index in [9.17, 15) is 9.59 Å². The maximum Gasteiger partial charge on any atom is 0.133 e. The summed E-state index contributed by atoms with van der Waals surface area (Å²) in [7, 11) is 0. The first-order valence-electron chi connectivity index (χ1n) is 6.36. The van der Waals surface area contributed by atoms with E-state index in [4.69, 9.17) is 0 Å². The molecule has 16 heavy (non-hydrogen) atoms. The third-order valence-corrected chi connectivity index (χ3v) is 2.06. The number of carbonyl (C=O) groups excluding carboxylic acids is 2. The van der Waals surface area contributed by atoms with E-state index in [0.717, 1.165) is 12.8 Å². The van der Waals surface area contributed by atoms with Crippen molar-refractivity contribution in [2.45, 2.75) is 67.2 Å². The molecule has 0 heterocycles. The van der Waals surface area contributed by atoms with Crippen molar-refractivity contribution in [1.29, 1.82) is 0 Å². The van der Waals surface area contributed by atoms with Gasteiger partial charge in [-0.25, -0.2) is 0 Å². The Hall–Kier alpha value is -0.660. The van der Waals surface area contributed by atoms with Crippen LogP contribution in [-0.2, 0) is 9.59 Å². The fourth-order valence-corrected chi connectivity index (χ4v) is 1.24. The molecule has 0 saturated heterocycles. The van der Waals surface area contributed by atoms with Crippen LogP contribution in [0.2, 0.25) is 0 Å². The number of ketones is 2. The van der Waals surface area contributed by atoms with Gasteiger partial charge in [0, 0.05) is 25.7 Å². The van der Waals surface area contributed by atoms with Gasteiger partial charge in [0.15, 0.2) is 0 Å². The molecular formula is C14H28O2. The van der Waals surface area contributed by atoms with Crippen molar-refractivity contribution in [1.82, 2.24) is 0 Å². The zero-order valence-electron chi connectivity index (χ0n) is 11.8. The molecule has 2 nitrogen and oxygen atoms in total. The first-order chi connectivity index (χ1) is 7.33. The van der Waals surface area contributed by atoms with E-state index < -0.39 is 0 Å². The fourth-order valence-electron chi connectivity index (χ4n) is 1.24. The Labute approximate surface area is 101 Å². The smallest absolute Gasteiger partial charge is 0.133 e. The highest BCUT2D eigenvalue weighted by atomic mass is 16.1. The Balaban J connectivity index is 0. The molecule has 96 valence electrons. The molecule has 0 bridgehead atoms. The molecule has 0 radical (unpaired) electrons. The molecule has 0 fully saturated rings. The van der Waals surface area contributed by atoms with E-state index in [1.54, 1.807) is 0 Å². The number of rotatable bonds is 6. The molecule has 0 aliphatic carbocycles. The van der Waals surface area contributed by atoms with E-state index in [1.165, 1.54) is 0 Å². The summed E-state index contributed by atoms with van der Waals surface area (Å²) in [6.45, 7) is 12.1. The van der Waals surface area contributed by atoms with Crippen LogP contribution >= 0.6 is 0 Å². The third kappa shape index (κ3) is 15.8. The Bertz CT molecular complexity index is 175. The van der Waals surface area contributed by atoms with Crippen LogP contribution in [0.15, 0.2) is 0 Å². The molecular weight excluding hydrogens is 200 g/mol. The molecule has 0 atom stereocenters. The second kappa shape index (κ2) is 10.8. The van der Waals surface area contributed by atoms with Crippen LogP contribution in [0, 0.1) is 11.8 Å². The van der Waals surface area contributed by atoms with Crippen LogP contribution in [-0.4, -0.2) is 11.6 Å². The van der Waals surface area contributed by atoms with Gasteiger partial charge >= 0.3 is 0 Å². The number of hydrogen-bond acceptors (Lipinski definition) is 2. The predicted octanol–water partition coefficient (Wildman–Crippen LogP) is 4.02. The van der Waals surface area contributed by atoms with Crippen molar-refractivity contribution in [2.75, 3.05) is 0 Å². The predicted molar refractivity (Wildman–Crippen MR) is 69.5 cm³/mol. The standard InChI is InChI=1S/C9H18O.C5H10O/c1-7(2)5-9(10)6-8(3)4;1-3-5(6)4-2/h7-8H,5-6H2,1-4H3;3-4H2,1-2H3. The average Bonchev–Trinajstić information content (AvgIpc) is 2.14. The normalized spacial score (nSPS) is 10.0. The van der Waals surface area contributed by atoms with Crippen LogP contribution in [0.25, 0.3) is 0 Å². The van der Waals surface area contributed by atoms with Crippen LogP contribution < -0.4 is 0 Å². The van der Waals surface area contributed by atoms with Gasteiger partial charge in [-0.15, -0.1) is 0 Å². The highest BCUT2D eigenvalue weighted by Gasteiger charge is 2.06. The van der Waals surface area contributed by atoms with Crippen LogP contribution in [0.5, 0.6) is 0 Å². The summed E-state index contributed by atoms with van der Waals surface area (Å²) < 4.78 is 0. The molecule has 0 saturated carbocycles. The summed E-state index contributed by atoms with van der Waals surface area (Å²) in [4.78, 5) is 21.2. The first kappa shape index (κ1) is 17.7. The molecule has 0 aliphatic rings. The van der Waals surface area contributed by atoms with Gasteiger partial charge in [0.1, 0.15) is 11.6 Å². The summed E-state index contributed by atoms with van der Waals surface area (Å²) in [6.07, 6.45) is 2.88. The van der Waals surface area contributed by atoms with E-state index in [0.29, 0.717) is 36.2 Å². The monoisotopic (exact) mass is 228 g/mol. The average molecular weight is 228 g/mol. The Morgan fingerprint density at radius 3 is 1.19 bits per heavy atom. The second-order valence-corrected chi connectivity index (χ2v) is 4.98. The van der Waals surface area contributed by atoms with Gasteiger partial charge in [0.05, 0.1) is 0 Å². The molecule has 0 aromatic carbocycles. The minimum atomic E-state index is 0.343. The SMILES string of the molecule is CC(C)CC(=O)CC(C)C.CCC(=O)CC. The van der Waals surface area contributed by atoms with Crippen molar-refractivity contribution in [3.63, 3.8) is 0 Å². The van der Waals surface area contributed by atoms with E-state index in [1.807, 2.05) is 13.8 Å². The summed E-state index contributed by atoms with van der Waals surface area (Å²) in [5, 5.41) is 0. The van der Waals surface area contributed by atoms with Crippen molar-refractivity contribution in [3.05, 3.63) is 0 Å². The van der Waals surface area contributed by atoms with Gasteiger partial charge in [0.25, 0.3) is 0 Å². The molecule has 2 heteroatoms. The summed E-state index contributed by atoms with van der Waals surface area (Å²) >= 11 is 0. The Morgan fingerprint density at radius 1 is 0.750 bits per heavy atom. The summed E-state index contributed by atoms with van der Waals surface area (Å²) in [5.41, 5.74) is 0. The Morgan fingerprint density at radius 2 is 1.06 bits per heavy atom. The van der Waals surface area contributed by atoms with Crippen LogP contribution in [0.3, 0.4) is 0 Å². The molecule has 0 rings (SSSR count). The molecule has 0 aromatic heterocycles. The highest BCUT2D eigenvalue weighted by Crippen LogP contribution is 2.07. The minimum absolute atomic E-state index is 0.343. The van der Waals surface area contributed by atoms with Gasteiger partial charge in [-0.3, -0.25) is 9.59 Å². The minimum Gasteiger partial charge on any atom is -0.300 e. The van der Waals surface area contributed by atoms with E-state index in [2.05, 4.69) is 27.7 Å². The lowest BCUT2D eigenvalue weighted by Crippen LogP contribution is -2.05. The van der Waals surface area contributed by atoms with Crippen molar-refractivity contribution >= 4 is 11.6 Å². The highest BCUT2D eigenvalue weighted by molar-refractivity contribution is 5.78. The lowest BCUT2D eigenvalue weighted by molar-refractivity contribution is -0.120. The molecule has 0 unspecified atom stereocenters. The van der Waals surface area contributed by atoms with Gasteiger partial charge in [-0.1, -0.05) is 41.5 Å². The van der Waals surface area contributed by atoms with Crippen LogP contribution in [0.4, 0.5) is 0 Å². The Kier molecular flexibility index (Phi) is 12.0. The quantitative estimate of drug-likeness (QED) is 0.688. The zero-order chi connectivity index (χ0) is 13.1. The first-order valence-corrected chi connectivity index (χ1v) is 6.36. The lowest BCUT2D eigenvalue weighted by atomic mass is 10.00. The molecule has 0 amide bonds. The third-order valence-electron chi connectivity index (χ3n) is 2.06. The van der Waals surface area contributed by atoms with E-state index in [-0.39, 0.29) is 0 Å². The summed E-state index contributed by atoms with van der Waals surface area (Å²) in [5.74, 6) is 1.79. The van der Waals surface area contributed by atoms with E-state index >= 15 is 0 Å². The maximum atomic E-state index is 11.1. The number of carbonyl (C=O) groups is 2. The largest absolute Gasteiger partial charge is 0.300 e.